The smallest absolute Gasteiger partial charge is 0.233 e. The van der Waals surface area contributed by atoms with Crippen LogP contribution in [0.4, 0.5) is 0 Å². The molecule has 0 atom stereocenters. The molecule has 0 bridgehead atoms. The Kier molecular flexibility index (Phi) is 5.74. The summed E-state index contributed by atoms with van der Waals surface area (Å²) in [6.45, 7) is 4.52. The molecule has 0 unspecified atom stereocenters. The van der Waals surface area contributed by atoms with Crippen LogP contribution in [0.15, 0.2) is 0 Å². The maximum absolute atomic E-state index is 11.3. The first kappa shape index (κ1) is 15.3. The topological polar surface area (TPSA) is 43.4 Å². The monoisotopic (exact) mass is 282 g/mol. The summed E-state index contributed by atoms with van der Waals surface area (Å²) in [5, 5.41) is 0. The molecule has 1 rings (SSSR count). The Bertz CT molecular complexity index is 317. The van der Waals surface area contributed by atoms with Crippen LogP contribution in [-0.2, 0) is 13.8 Å². The average molecular weight is 283 g/mol. The van der Waals surface area contributed by atoms with Crippen LogP contribution in [0.25, 0.3) is 0 Å². The van der Waals surface area contributed by atoms with Crippen LogP contribution in [0.5, 0.6) is 0 Å². The van der Waals surface area contributed by atoms with Gasteiger partial charge in [-0.3, -0.25) is 0 Å². The molecule has 0 aliphatic heterocycles. The lowest BCUT2D eigenvalue weighted by Gasteiger charge is -2.31. The lowest BCUT2D eigenvalue weighted by Crippen LogP contribution is -2.34. The van der Waals surface area contributed by atoms with Gasteiger partial charge in [0.1, 0.15) is 0 Å². The van der Waals surface area contributed by atoms with Gasteiger partial charge in [-0.2, -0.15) is 0 Å². The van der Waals surface area contributed by atoms with Gasteiger partial charge < -0.3 is 4.74 Å². The number of hydrogen-bond acceptors (Lipinski definition) is 3. The molecular formula is C12H23ClO3S. The number of rotatable bonds is 7. The molecule has 0 heterocycles. The van der Waals surface area contributed by atoms with Gasteiger partial charge in [-0.05, 0) is 25.7 Å². The van der Waals surface area contributed by atoms with E-state index in [4.69, 9.17) is 15.4 Å². The van der Waals surface area contributed by atoms with Gasteiger partial charge in [0, 0.05) is 16.1 Å². The van der Waals surface area contributed by atoms with Gasteiger partial charge in [-0.1, -0.05) is 26.7 Å². The summed E-state index contributed by atoms with van der Waals surface area (Å²) >= 11 is 0. The normalized spacial score (nSPS) is 18.8. The van der Waals surface area contributed by atoms with Crippen molar-refractivity contribution in [3.8, 4) is 0 Å². The lowest BCUT2D eigenvalue weighted by atomic mass is 9.85. The third-order valence-corrected chi connectivity index (χ3v) is 5.19. The molecule has 1 aliphatic carbocycles. The second kappa shape index (κ2) is 6.39. The molecule has 0 spiro atoms. The zero-order valence-electron chi connectivity index (χ0n) is 10.7. The van der Waals surface area contributed by atoms with Gasteiger partial charge in [0.2, 0.25) is 9.05 Å². The number of ether oxygens (including phenoxy) is 1. The molecule has 0 N–H and O–H groups in total. The molecule has 1 aliphatic rings. The Morgan fingerprint density at radius 2 is 1.76 bits per heavy atom. The third kappa shape index (κ3) is 5.14. The predicted molar refractivity (Wildman–Crippen MR) is 70.9 cm³/mol. The molecule has 17 heavy (non-hydrogen) atoms. The van der Waals surface area contributed by atoms with Crippen molar-refractivity contribution in [2.75, 3.05) is 12.4 Å². The van der Waals surface area contributed by atoms with Crippen molar-refractivity contribution in [2.24, 2.45) is 5.41 Å². The van der Waals surface area contributed by atoms with Crippen molar-refractivity contribution >= 4 is 19.7 Å². The minimum Gasteiger partial charge on any atom is -0.378 e. The Labute approximate surface area is 109 Å². The van der Waals surface area contributed by atoms with E-state index in [9.17, 15) is 8.42 Å². The van der Waals surface area contributed by atoms with Crippen LogP contribution in [0.1, 0.15) is 52.4 Å². The average Bonchev–Trinajstić information content (AvgIpc) is 2.75. The van der Waals surface area contributed by atoms with Crippen LogP contribution in [0.3, 0.4) is 0 Å². The van der Waals surface area contributed by atoms with Crippen molar-refractivity contribution in [3.05, 3.63) is 0 Å². The van der Waals surface area contributed by atoms with Gasteiger partial charge in [0.25, 0.3) is 0 Å². The maximum Gasteiger partial charge on any atom is 0.233 e. The summed E-state index contributed by atoms with van der Waals surface area (Å²) in [7, 11) is 1.93. The van der Waals surface area contributed by atoms with E-state index >= 15 is 0 Å². The first-order chi connectivity index (χ1) is 7.91. The number of hydrogen-bond donors (Lipinski definition) is 0. The van der Waals surface area contributed by atoms with Crippen LogP contribution in [-0.4, -0.2) is 26.9 Å². The molecule has 1 saturated carbocycles. The van der Waals surface area contributed by atoms with Crippen LogP contribution < -0.4 is 0 Å². The van der Waals surface area contributed by atoms with Gasteiger partial charge in [0.05, 0.1) is 18.5 Å². The molecule has 0 radical (unpaired) electrons. The highest BCUT2D eigenvalue weighted by Gasteiger charge is 2.33. The van der Waals surface area contributed by atoms with E-state index in [-0.39, 0.29) is 11.2 Å². The third-order valence-electron chi connectivity index (χ3n) is 3.91. The highest BCUT2D eigenvalue weighted by Crippen LogP contribution is 2.32. The van der Waals surface area contributed by atoms with E-state index in [0.717, 1.165) is 25.7 Å². The van der Waals surface area contributed by atoms with E-state index < -0.39 is 9.05 Å². The Balaban J connectivity index is 2.56. The fourth-order valence-corrected chi connectivity index (χ4v) is 4.33. The Morgan fingerprint density at radius 1 is 1.24 bits per heavy atom. The summed E-state index contributed by atoms with van der Waals surface area (Å²) in [5.41, 5.74) is -0.316. The van der Waals surface area contributed by atoms with E-state index in [1.54, 1.807) is 0 Å². The first-order valence-corrected chi connectivity index (χ1v) is 8.92. The first-order valence-electron chi connectivity index (χ1n) is 6.45. The molecule has 0 aromatic heterocycles. The Morgan fingerprint density at radius 3 is 2.18 bits per heavy atom. The van der Waals surface area contributed by atoms with Crippen LogP contribution in [0, 0.1) is 5.41 Å². The summed E-state index contributed by atoms with van der Waals surface area (Å²) < 4.78 is 28.4. The summed E-state index contributed by atoms with van der Waals surface area (Å²) in [4.78, 5) is 0. The summed E-state index contributed by atoms with van der Waals surface area (Å²) in [5.74, 6) is 0.0152. The SMILES string of the molecule is CCC(CC)(COC1CCCC1)CS(=O)(=O)Cl. The van der Waals surface area contributed by atoms with Crippen molar-refractivity contribution in [2.45, 2.75) is 58.5 Å². The summed E-state index contributed by atoms with van der Waals surface area (Å²) in [6, 6.07) is 0. The second-order valence-corrected chi connectivity index (χ2v) is 7.88. The van der Waals surface area contributed by atoms with Gasteiger partial charge >= 0.3 is 0 Å². The quantitative estimate of drug-likeness (QED) is 0.673. The van der Waals surface area contributed by atoms with Crippen molar-refractivity contribution in [1.29, 1.82) is 0 Å². The van der Waals surface area contributed by atoms with E-state index in [1.165, 1.54) is 12.8 Å². The second-order valence-electron chi connectivity index (χ2n) is 5.11. The highest BCUT2D eigenvalue weighted by atomic mass is 35.7. The molecular weight excluding hydrogens is 260 g/mol. The molecule has 0 aromatic rings. The molecule has 1 fully saturated rings. The molecule has 0 saturated heterocycles. The van der Waals surface area contributed by atoms with E-state index in [0.29, 0.717) is 12.7 Å². The molecule has 5 heteroatoms. The van der Waals surface area contributed by atoms with E-state index in [2.05, 4.69) is 0 Å². The fourth-order valence-electron chi connectivity index (χ4n) is 2.42. The molecule has 102 valence electrons. The summed E-state index contributed by atoms with van der Waals surface area (Å²) in [6.07, 6.45) is 6.55. The maximum atomic E-state index is 11.3. The van der Waals surface area contributed by atoms with Crippen molar-refractivity contribution in [1.82, 2.24) is 0 Å². The van der Waals surface area contributed by atoms with Gasteiger partial charge in [-0.15, -0.1) is 0 Å². The zero-order chi connectivity index (χ0) is 12.9. The van der Waals surface area contributed by atoms with Crippen LogP contribution >= 0.6 is 10.7 Å². The van der Waals surface area contributed by atoms with Gasteiger partial charge in [-0.25, -0.2) is 8.42 Å². The predicted octanol–water partition coefficient (Wildman–Crippen LogP) is 3.32. The fraction of sp³-hybridized carbons (Fsp3) is 1.00. The molecule has 3 nitrogen and oxygen atoms in total. The number of halogens is 1. The highest BCUT2D eigenvalue weighted by molar-refractivity contribution is 8.13. The zero-order valence-corrected chi connectivity index (χ0v) is 12.3. The lowest BCUT2D eigenvalue weighted by molar-refractivity contribution is -0.00151. The van der Waals surface area contributed by atoms with Gasteiger partial charge in [0.15, 0.2) is 0 Å². The van der Waals surface area contributed by atoms with Crippen molar-refractivity contribution in [3.63, 3.8) is 0 Å². The minimum atomic E-state index is -3.46. The van der Waals surface area contributed by atoms with E-state index in [1.807, 2.05) is 13.8 Å². The molecule has 0 aromatic carbocycles. The Hall–Kier alpha value is 0.200. The standard InChI is InChI=1S/C12H23ClO3S/c1-3-12(4-2,10-17(13,14)15)9-16-11-7-5-6-8-11/h11H,3-10H2,1-2H3. The molecule has 0 amide bonds. The van der Waals surface area contributed by atoms with Crippen molar-refractivity contribution < 1.29 is 13.2 Å². The van der Waals surface area contributed by atoms with Crippen LogP contribution in [0.2, 0.25) is 0 Å². The largest absolute Gasteiger partial charge is 0.378 e. The minimum absolute atomic E-state index is 0.0152.